The predicted molar refractivity (Wildman–Crippen MR) is 61.4 cm³/mol. The number of rotatable bonds is 1. The van der Waals surface area contributed by atoms with Gasteiger partial charge < -0.3 is 5.32 Å². The van der Waals surface area contributed by atoms with Gasteiger partial charge in [-0.25, -0.2) is 4.39 Å². The first kappa shape index (κ1) is 9.79. The average molecular weight is 270 g/mol. The molecule has 1 saturated heterocycles. The summed E-state index contributed by atoms with van der Waals surface area (Å²) in [6.07, 6.45) is 2.47. The van der Waals surface area contributed by atoms with Gasteiger partial charge in [0.15, 0.2) is 0 Å². The van der Waals surface area contributed by atoms with Crippen molar-refractivity contribution >= 4 is 15.9 Å². The first-order valence-corrected chi connectivity index (χ1v) is 6.16. The Labute approximate surface area is 97.2 Å². The van der Waals surface area contributed by atoms with Gasteiger partial charge in [-0.2, -0.15) is 0 Å². The van der Waals surface area contributed by atoms with Gasteiger partial charge in [0.25, 0.3) is 0 Å². The summed E-state index contributed by atoms with van der Waals surface area (Å²) in [5, 5.41) is 3.40. The molecule has 2 fully saturated rings. The van der Waals surface area contributed by atoms with Crippen molar-refractivity contribution < 1.29 is 4.39 Å². The highest BCUT2D eigenvalue weighted by Gasteiger charge is 2.55. The molecule has 0 aromatic heterocycles. The van der Waals surface area contributed by atoms with E-state index in [1.54, 1.807) is 6.07 Å². The smallest absolute Gasteiger partial charge is 0.137 e. The summed E-state index contributed by atoms with van der Waals surface area (Å²) in [5.74, 6) is 0.440. The van der Waals surface area contributed by atoms with E-state index in [0.29, 0.717) is 15.8 Å². The monoisotopic (exact) mass is 269 g/mol. The molecule has 1 heterocycles. The minimum absolute atomic E-state index is 0.138. The van der Waals surface area contributed by atoms with Crippen molar-refractivity contribution in [1.29, 1.82) is 0 Å². The maximum Gasteiger partial charge on any atom is 0.137 e. The zero-order valence-electron chi connectivity index (χ0n) is 8.39. The summed E-state index contributed by atoms with van der Waals surface area (Å²) >= 11 is 3.19. The lowest BCUT2D eigenvalue weighted by atomic mass is 9.98. The van der Waals surface area contributed by atoms with E-state index in [4.69, 9.17) is 0 Å². The van der Waals surface area contributed by atoms with E-state index in [1.165, 1.54) is 18.4 Å². The minimum atomic E-state index is -0.138. The van der Waals surface area contributed by atoms with Crippen LogP contribution >= 0.6 is 15.9 Å². The highest BCUT2D eigenvalue weighted by molar-refractivity contribution is 9.10. The van der Waals surface area contributed by atoms with Gasteiger partial charge in [0.1, 0.15) is 5.82 Å². The molecule has 2 unspecified atom stereocenters. The Hall–Kier alpha value is -0.410. The molecule has 1 aliphatic carbocycles. The summed E-state index contributed by atoms with van der Waals surface area (Å²) in [6.45, 7) is 2.23. The molecular weight excluding hydrogens is 257 g/mol. The van der Waals surface area contributed by atoms with Crippen molar-refractivity contribution in [2.75, 3.05) is 13.1 Å². The Morgan fingerprint density at radius 1 is 1.47 bits per heavy atom. The van der Waals surface area contributed by atoms with Crippen LogP contribution in [0.2, 0.25) is 0 Å². The molecule has 0 radical (unpaired) electrons. The lowest BCUT2D eigenvalue weighted by Gasteiger charge is -2.07. The minimum Gasteiger partial charge on any atom is -0.316 e. The molecule has 2 aliphatic rings. The number of hydrogen-bond acceptors (Lipinski definition) is 1. The van der Waals surface area contributed by atoms with E-state index < -0.39 is 0 Å². The van der Waals surface area contributed by atoms with Crippen LogP contribution < -0.4 is 5.32 Å². The van der Waals surface area contributed by atoms with Crippen LogP contribution in [0.3, 0.4) is 0 Å². The fraction of sp³-hybridized carbons (Fsp3) is 0.500. The van der Waals surface area contributed by atoms with Crippen molar-refractivity contribution in [1.82, 2.24) is 5.32 Å². The molecule has 1 saturated carbocycles. The molecule has 1 aromatic rings. The largest absolute Gasteiger partial charge is 0.316 e. The highest BCUT2D eigenvalue weighted by atomic mass is 79.9. The van der Waals surface area contributed by atoms with E-state index in [2.05, 4.69) is 21.2 Å². The zero-order chi connectivity index (χ0) is 10.5. The van der Waals surface area contributed by atoms with Crippen LogP contribution in [0.15, 0.2) is 22.7 Å². The van der Waals surface area contributed by atoms with Gasteiger partial charge in [-0.3, -0.25) is 0 Å². The van der Waals surface area contributed by atoms with E-state index in [-0.39, 0.29) is 5.82 Å². The van der Waals surface area contributed by atoms with Crippen LogP contribution in [0.25, 0.3) is 0 Å². The van der Waals surface area contributed by atoms with Gasteiger partial charge in [0, 0.05) is 6.54 Å². The van der Waals surface area contributed by atoms with E-state index in [9.17, 15) is 4.39 Å². The number of benzene rings is 1. The first-order valence-electron chi connectivity index (χ1n) is 5.37. The molecule has 1 aliphatic heterocycles. The van der Waals surface area contributed by atoms with Crippen molar-refractivity contribution in [2.24, 2.45) is 5.41 Å². The van der Waals surface area contributed by atoms with Crippen LogP contribution in [0.1, 0.15) is 24.3 Å². The molecule has 2 atom stereocenters. The Morgan fingerprint density at radius 3 is 3.00 bits per heavy atom. The molecule has 0 bridgehead atoms. The summed E-state index contributed by atoms with van der Waals surface area (Å²) in [7, 11) is 0. The summed E-state index contributed by atoms with van der Waals surface area (Å²) < 4.78 is 13.9. The molecule has 1 spiro atoms. The SMILES string of the molecule is Fc1cc(C2CC23CCNC3)ccc1Br. The molecule has 1 N–H and O–H groups in total. The Kier molecular flexibility index (Phi) is 2.15. The first-order chi connectivity index (χ1) is 7.21. The van der Waals surface area contributed by atoms with Crippen molar-refractivity contribution in [3.63, 3.8) is 0 Å². The highest BCUT2D eigenvalue weighted by Crippen LogP contribution is 2.62. The predicted octanol–water partition coefficient (Wildman–Crippen LogP) is 3.06. The lowest BCUT2D eigenvalue weighted by molar-refractivity contribution is 0.546. The molecular formula is C12H13BrFN. The Bertz CT molecular complexity index is 399. The van der Waals surface area contributed by atoms with Crippen molar-refractivity contribution in [3.8, 4) is 0 Å². The molecule has 3 heteroatoms. The molecule has 80 valence electrons. The normalized spacial score (nSPS) is 33.6. The fourth-order valence-corrected chi connectivity index (χ4v) is 3.03. The van der Waals surface area contributed by atoms with Crippen molar-refractivity contribution in [2.45, 2.75) is 18.8 Å². The van der Waals surface area contributed by atoms with Gasteiger partial charge in [0.05, 0.1) is 4.47 Å². The third kappa shape index (κ3) is 1.53. The third-order valence-corrected chi connectivity index (χ3v) is 4.46. The van der Waals surface area contributed by atoms with Crippen LogP contribution in [-0.2, 0) is 0 Å². The Balaban J connectivity index is 1.86. The third-order valence-electron chi connectivity index (χ3n) is 3.81. The van der Waals surface area contributed by atoms with Crippen LogP contribution in [-0.4, -0.2) is 13.1 Å². The van der Waals surface area contributed by atoms with Gasteiger partial charge in [-0.05, 0) is 64.3 Å². The maximum absolute atomic E-state index is 13.4. The second-order valence-corrected chi connectivity index (χ2v) is 5.57. The van der Waals surface area contributed by atoms with Gasteiger partial charge >= 0.3 is 0 Å². The van der Waals surface area contributed by atoms with Gasteiger partial charge in [-0.15, -0.1) is 0 Å². The van der Waals surface area contributed by atoms with E-state index in [1.807, 2.05) is 12.1 Å². The quantitative estimate of drug-likeness (QED) is 0.827. The lowest BCUT2D eigenvalue weighted by Crippen LogP contribution is -2.10. The molecule has 3 rings (SSSR count). The standard InChI is InChI=1S/C12H13BrFN/c13-10-2-1-8(5-11(10)14)9-6-12(9)3-4-15-7-12/h1-2,5,9,15H,3-4,6-7H2. The van der Waals surface area contributed by atoms with Crippen LogP contribution in [0, 0.1) is 11.2 Å². The number of hydrogen-bond donors (Lipinski definition) is 1. The summed E-state index contributed by atoms with van der Waals surface area (Å²) in [6, 6.07) is 5.55. The number of halogens is 2. The second kappa shape index (κ2) is 3.29. The topological polar surface area (TPSA) is 12.0 Å². The average Bonchev–Trinajstić information content (AvgIpc) is 2.69. The maximum atomic E-state index is 13.4. The molecule has 1 aromatic carbocycles. The zero-order valence-corrected chi connectivity index (χ0v) is 9.98. The molecule has 0 amide bonds. The van der Waals surface area contributed by atoms with Gasteiger partial charge in [0.2, 0.25) is 0 Å². The van der Waals surface area contributed by atoms with Crippen LogP contribution in [0.5, 0.6) is 0 Å². The van der Waals surface area contributed by atoms with Crippen LogP contribution in [0.4, 0.5) is 4.39 Å². The number of nitrogens with one attached hydrogen (secondary N) is 1. The van der Waals surface area contributed by atoms with Gasteiger partial charge in [-0.1, -0.05) is 6.07 Å². The van der Waals surface area contributed by atoms with Crippen molar-refractivity contribution in [3.05, 3.63) is 34.1 Å². The molecule has 1 nitrogen and oxygen atoms in total. The summed E-state index contributed by atoms with van der Waals surface area (Å²) in [4.78, 5) is 0. The van der Waals surface area contributed by atoms with E-state index in [0.717, 1.165) is 13.1 Å². The van der Waals surface area contributed by atoms with E-state index >= 15 is 0 Å². The second-order valence-electron chi connectivity index (χ2n) is 4.72. The fourth-order valence-electron chi connectivity index (χ4n) is 2.78. The summed E-state index contributed by atoms with van der Waals surface area (Å²) in [5.41, 5.74) is 1.62. The Morgan fingerprint density at radius 2 is 2.33 bits per heavy atom. The molecule has 15 heavy (non-hydrogen) atoms.